The zero-order chi connectivity index (χ0) is 11.7. The molecule has 0 aliphatic rings. The van der Waals surface area contributed by atoms with Crippen LogP contribution < -0.4 is 10.5 Å². The standard InChI is InChI=1S/C11H8N4OS/c12-8-3-4-9(16-11-14-6-15-17-11)7-2-1-5-13-10(7)8/h1-6H,12H2. The first-order valence-corrected chi connectivity index (χ1v) is 5.69. The van der Waals surface area contributed by atoms with Crippen molar-refractivity contribution in [3.8, 4) is 10.9 Å². The number of rotatable bonds is 2. The molecule has 3 rings (SSSR count). The van der Waals surface area contributed by atoms with Crippen LogP contribution in [0.15, 0.2) is 36.8 Å². The number of nitrogen functional groups attached to an aromatic ring is 1. The summed E-state index contributed by atoms with van der Waals surface area (Å²) in [5.74, 6) is 0.680. The Kier molecular flexibility index (Phi) is 2.34. The van der Waals surface area contributed by atoms with Crippen LogP contribution in [0.5, 0.6) is 10.9 Å². The number of fused-ring (bicyclic) bond motifs is 1. The van der Waals surface area contributed by atoms with E-state index in [0.717, 1.165) is 10.9 Å². The first-order valence-electron chi connectivity index (χ1n) is 4.92. The number of hydrogen-bond donors (Lipinski definition) is 1. The highest BCUT2D eigenvalue weighted by Crippen LogP contribution is 2.31. The van der Waals surface area contributed by atoms with Gasteiger partial charge in [-0.2, -0.15) is 9.36 Å². The first-order chi connectivity index (χ1) is 8.34. The minimum atomic E-state index is 0.500. The van der Waals surface area contributed by atoms with Gasteiger partial charge in [-0.05, 0) is 24.3 Å². The van der Waals surface area contributed by atoms with E-state index in [1.54, 1.807) is 18.3 Å². The van der Waals surface area contributed by atoms with Crippen LogP contribution in [0, 0.1) is 0 Å². The van der Waals surface area contributed by atoms with Crippen LogP contribution in [-0.4, -0.2) is 14.3 Å². The van der Waals surface area contributed by atoms with Gasteiger partial charge in [0.2, 0.25) is 0 Å². The smallest absolute Gasteiger partial charge is 0.298 e. The van der Waals surface area contributed by atoms with Crippen LogP contribution in [0.1, 0.15) is 0 Å². The molecule has 0 atom stereocenters. The highest BCUT2D eigenvalue weighted by molar-refractivity contribution is 7.07. The Bertz CT molecular complexity index is 654. The number of nitrogens with zero attached hydrogens (tertiary/aromatic N) is 3. The largest absolute Gasteiger partial charge is 0.429 e. The van der Waals surface area contributed by atoms with Crippen molar-refractivity contribution in [2.45, 2.75) is 0 Å². The molecular weight excluding hydrogens is 236 g/mol. The molecular formula is C11H8N4OS. The van der Waals surface area contributed by atoms with Crippen molar-refractivity contribution in [2.75, 3.05) is 5.73 Å². The van der Waals surface area contributed by atoms with Gasteiger partial charge in [-0.1, -0.05) is 0 Å². The number of benzene rings is 1. The average molecular weight is 244 g/mol. The molecule has 0 saturated carbocycles. The van der Waals surface area contributed by atoms with Gasteiger partial charge in [0.25, 0.3) is 5.19 Å². The van der Waals surface area contributed by atoms with Crippen molar-refractivity contribution in [1.82, 2.24) is 14.3 Å². The van der Waals surface area contributed by atoms with Gasteiger partial charge in [0.15, 0.2) is 0 Å². The van der Waals surface area contributed by atoms with Gasteiger partial charge in [-0.15, -0.1) is 0 Å². The predicted octanol–water partition coefficient (Wildman–Crippen LogP) is 2.46. The van der Waals surface area contributed by atoms with E-state index in [-0.39, 0.29) is 0 Å². The summed E-state index contributed by atoms with van der Waals surface area (Å²) in [6, 6.07) is 7.33. The second-order valence-corrected chi connectivity index (χ2v) is 4.10. The summed E-state index contributed by atoms with van der Waals surface area (Å²) >= 11 is 1.20. The minimum absolute atomic E-state index is 0.500. The minimum Gasteiger partial charge on any atom is -0.429 e. The Morgan fingerprint density at radius 3 is 2.94 bits per heavy atom. The molecule has 0 saturated heterocycles. The number of pyridine rings is 1. The maximum Gasteiger partial charge on any atom is 0.298 e. The number of aromatic nitrogens is 3. The summed E-state index contributed by atoms with van der Waals surface area (Å²) in [6.45, 7) is 0. The van der Waals surface area contributed by atoms with Crippen molar-refractivity contribution >= 4 is 28.1 Å². The summed E-state index contributed by atoms with van der Waals surface area (Å²) in [4.78, 5) is 8.21. The van der Waals surface area contributed by atoms with Crippen LogP contribution in [0.4, 0.5) is 5.69 Å². The molecule has 84 valence electrons. The van der Waals surface area contributed by atoms with Gasteiger partial charge in [0.1, 0.15) is 12.1 Å². The second kappa shape index (κ2) is 3.99. The van der Waals surface area contributed by atoms with Crippen LogP contribution in [0.25, 0.3) is 10.9 Å². The number of ether oxygens (including phenoxy) is 1. The van der Waals surface area contributed by atoms with E-state index in [0.29, 0.717) is 16.6 Å². The molecule has 5 nitrogen and oxygen atoms in total. The average Bonchev–Trinajstić information content (AvgIpc) is 2.86. The molecule has 0 unspecified atom stereocenters. The second-order valence-electron chi connectivity index (χ2n) is 3.36. The molecule has 0 bridgehead atoms. The molecule has 0 radical (unpaired) electrons. The molecule has 2 N–H and O–H groups in total. The van der Waals surface area contributed by atoms with Gasteiger partial charge in [0.05, 0.1) is 11.2 Å². The zero-order valence-corrected chi connectivity index (χ0v) is 9.52. The fourth-order valence-corrected chi connectivity index (χ4v) is 1.97. The Balaban J connectivity index is 2.14. The van der Waals surface area contributed by atoms with E-state index < -0.39 is 0 Å². The lowest BCUT2D eigenvalue weighted by Crippen LogP contribution is -1.92. The summed E-state index contributed by atoms with van der Waals surface area (Å²) in [5, 5.41) is 1.36. The normalized spacial score (nSPS) is 10.6. The summed E-state index contributed by atoms with van der Waals surface area (Å²) < 4.78 is 9.52. The van der Waals surface area contributed by atoms with Gasteiger partial charge >= 0.3 is 0 Å². The zero-order valence-electron chi connectivity index (χ0n) is 8.70. The molecule has 6 heteroatoms. The van der Waals surface area contributed by atoms with Crippen molar-refractivity contribution in [3.63, 3.8) is 0 Å². The lowest BCUT2D eigenvalue weighted by molar-refractivity contribution is 0.484. The van der Waals surface area contributed by atoms with Crippen LogP contribution >= 0.6 is 11.5 Å². The predicted molar refractivity (Wildman–Crippen MR) is 66.1 cm³/mol. The summed E-state index contributed by atoms with van der Waals surface area (Å²) in [5.41, 5.74) is 7.22. The van der Waals surface area contributed by atoms with E-state index in [1.807, 2.05) is 12.1 Å². The topological polar surface area (TPSA) is 73.9 Å². The molecule has 17 heavy (non-hydrogen) atoms. The maximum atomic E-state index is 5.86. The van der Waals surface area contributed by atoms with E-state index >= 15 is 0 Å². The van der Waals surface area contributed by atoms with Crippen molar-refractivity contribution in [2.24, 2.45) is 0 Å². The highest BCUT2D eigenvalue weighted by Gasteiger charge is 2.08. The van der Waals surface area contributed by atoms with Crippen LogP contribution in [-0.2, 0) is 0 Å². The number of nitrogens with two attached hydrogens (primary N) is 1. The fourth-order valence-electron chi connectivity index (χ4n) is 1.56. The maximum absolute atomic E-state index is 5.86. The molecule has 0 aliphatic heterocycles. The Labute approximate surface area is 101 Å². The van der Waals surface area contributed by atoms with E-state index in [1.165, 1.54) is 17.9 Å². The van der Waals surface area contributed by atoms with E-state index in [2.05, 4.69) is 14.3 Å². The number of hydrogen-bond acceptors (Lipinski definition) is 6. The summed E-state index contributed by atoms with van der Waals surface area (Å²) in [6.07, 6.45) is 3.16. The Hall–Kier alpha value is -2.21. The summed E-state index contributed by atoms with van der Waals surface area (Å²) in [7, 11) is 0. The van der Waals surface area contributed by atoms with Crippen molar-refractivity contribution < 1.29 is 4.74 Å². The van der Waals surface area contributed by atoms with Gasteiger partial charge < -0.3 is 10.5 Å². The van der Waals surface area contributed by atoms with E-state index in [4.69, 9.17) is 10.5 Å². The quantitative estimate of drug-likeness (QED) is 0.701. The molecule has 2 aromatic heterocycles. The van der Waals surface area contributed by atoms with Gasteiger partial charge in [-0.3, -0.25) is 4.98 Å². The third-order valence-electron chi connectivity index (χ3n) is 2.30. The van der Waals surface area contributed by atoms with Crippen LogP contribution in [0.2, 0.25) is 0 Å². The third-order valence-corrected chi connectivity index (χ3v) is 2.84. The Morgan fingerprint density at radius 2 is 2.12 bits per heavy atom. The lowest BCUT2D eigenvalue weighted by Gasteiger charge is -2.06. The SMILES string of the molecule is Nc1ccc(Oc2ncns2)c2cccnc12. The van der Waals surface area contributed by atoms with Crippen LogP contribution in [0.3, 0.4) is 0 Å². The highest BCUT2D eigenvalue weighted by atomic mass is 32.1. The monoisotopic (exact) mass is 244 g/mol. The third kappa shape index (κ3) is 1.78. The molecule has 0 fully saturated rings. The molecule has 1 aromatic carbocycles. The van der Waals surface area contributed by atoms with Crippen molar-refractivity contribution in [3.05, 3.63) is 36.8 Å². The lowest BCUT2D eigenvalue weighted by atomic mass is 10.2. The number of anilines is 1. The van der Waals surface area contributed by atoms with E-state index in [9.17, 15) is 0 Å². The first kappa shape index (κ1) is 9.98. The molecule has 3 aromatic rings. The van der Waals surface area contributed by atoms with Crippen molar-refractivity contribution in [1.29, 1.82) is 0 Å². The fraction of sp³-hybridized carbons (Fsp3) is 0. The van der Waals surface area contributed by atoms with Gasteiger partial charge in [-0.25, -0.2) is 0 Å². The molecule has 2 heterocycles. The van der Waals surface area contributed by atoms with Gasteiger partial charge in [0, 0.05) is 23.1 Å². The molecule has 0 spiro atoms. The Morgan fingerprint density at radius 1 is 1.18 bits per heavy atom. The molecule has 0 aliphatic carbocycles. The molecule has 0 amide bonds.